The quantitative estimate of drug-likeness (QED) is 0.0724. The van der Waals surface area contributed by atoms with Gasteiger partial charge in [0.2, 0.25) is 0 Å². The van der Waals surface area contributed by atoms with Crippen molar-refractivity contribution in [2.24, 2.45) is 35.5 Å². The highest BCUT2D eigenvalue weighted by Crippen LogP contribution is 2.66. The van der Waals surface area contributed by atoms with Gasteiger partial charge < -0.3 is 9.47 Å². The van der Waals surface area contributed by atoms with E-state index in [0.29, 0.717) is 0 Å². The van der Waals surface area contributed by atoms with Gasteiger partial charge in [0.15, 0.2) is 0 Å². The van der Waals surface area contributed by atoms with Crippen LogP contribution in [0.15, 0.2) is 81.7 Å². The molecule has 8 fully saturated rings. The Kier molecular flexibility index (Phi) is 12.9. The molecule has 0 heterocycles. The molecule has 0 N–H and O–H groups in total. The van der Waals surface area contributed by atoms with Crippen molar-refractivity contribution in [1.29, 1.82) is 0 Å². The Morgan fingerprint density at radius 3 is 1.14 bits per heavy atom. The molecule has 0 amide bonds. The summed E-state index contributed by atoms with van der Waals surface area (Å²) in [6, 6.07) is 29.7. The maximum Gasteiger partial charge on any atom is 0.123 e. The van der Waals surface area contributed by atoms with Crippen LogP contribution in [0.4, 0.5) is 0 Å². The fourth-order valence-corrected chi connectivity index (χ4v) is 17.4. The van der Waals surface area contributed by atoms with Gasteiger partial charge in [0.1, 0.15) is 11.5 Å². The van der Waals surface area contributed by atoms with Crippen molar-refractivity contribution in [2.75, 3.05) is 13.2 Å². The van der Waals surface area contributed by atoms with Crippen LogP contribution in [0.1, 0.15) is 201 Å². The van der Waals surface area contributed by atoms with Crippen LogP contribution in [0.2, 0.25) is 0 Å². The van der Waals surface area contributed by atoms with Gasteiger partial charge in [-0.05, 0) is 218 Å². The molecule has 0 spiro atoms. The highest BCUT2D eigenvalue weighted by atomic mass is 79.9. The highest BCUT2D eigenvalue weighted by Gasteiger charge is 2.56. The number of hydrogen-bond acceptors (Lipinski definition) is 2. The van der Waals surface area contributed by atoms with Crippen molar-refractivity contribution < 1.29 is 9.47 Å². The summed E-state index contributed by atoms with van der Waals surface area (Å²) >= 11 is 8.10. The Bertz CT molecular complexity index is 2110. The Morgan fingerprint density at radius 2 is 0.769 bits per heavy atom. The summed E-state index contributed by atoms with van der Waals surface area (Å²) in [5.74, 6) is 7.50. The van der Waals surface area contributed by atoms with Crippen LogP contribution in [0.25, 0.3) is 11.1 Å². The molecule has 0 saturated heterocycles. The first-order valence-corrected chi connectivity index (χ1v) is 28.5. The fourth-order valence-electron chi connectivity index (χ4n) is 16.7. The van der Waals surface area contributed by atoms with E-state index in [2.05, 4.69) is 119 Å². The minimum Gasteiger partial charge on any atom is -0.493 e. The highest BCUT2D eigenvalue weighted by molar-refractivity contribution is 9.10. The number of ether oxygens (including phenoxy) is 2. The van der Waals surface area contributed by atoms with E-state index < -0.39 is 5.41 Å². The van der Waals surface area contributed by atoms with Gasteiger partial charge in [-0.3, -0.25) is 0 Å². The maximum absolute atomic E-state index is 7.08. The van der Waals surface area contributed by atoms with Crippen LogP contribution in [-0.4, -0.2) is 13.2 Å². The molecule has 2 nitrogen and oxygen atoms in total. The van der Waals surface area contributed by atoms with Crippen LogP contribution >= 0.6 is 31.9 Å². The van der Waals surface area contributed by atoms with Gasteiger partial charge in [0, 0.05) is 20.1 Å². The zero-order valence-corrected chi connectivity index (χ0v) is 43.0. The summed E-state index contributed by atoms with van der Waals surface area (Å²) in [5.41, 5.74) is 11.3. The van der Waals surface area contributed by atoms with Gasteiger partial charge >= 0.3 is 0 Å². The molecular formula is C61H76Br2O2. The van der Waals surface area contributed by atoms with Crippen LogP contribution in [0, 0.1) is 35.5 Å². The van der Waals surface area contributed by atoms with E-state index in [-0.39, 0.29) is 10.8 Å². The third-order valence-corrected chi connectivity index (χ3v) is 19.6. The average molecular weight is 1000 g/mol. The third kappa shape index (κ3) is 8.33. The Labute approximate surface area is 409 Å². The van der Waals surface area contributed by atoms with E-state index in [1.807, 2.05) is 0 Å². The number of halogens is 2. The second-order valence-electron chi connectivity index (χ2n) is 23.2. The molecule has 8 bridgehead atoms. The van der Waals surface area contributed by atoms with Gasteiger partial charge in [-0.1, -0.05) is 134 Å². The molecule has 65 heavy (non-hydrogen) atoms. The molecular weight excluding hydrogens is 924 g/mol. The number of fused-ring (bicyclic) bond motifs is 3. The lowest BCUT2D eigenvalue weighted by Crippen LogP contribution is -2.49. The van der Waals surface area contributed by atoms with Gasteiger partial charge in [-0.2, -0.15) is 0 Å². The summed E-state index contributed by atoms with van der Waals surface area (Å²) < 4.78 is 16.5. The molecule has 13 rings (SSSR count). The first kappa shape index (κ1) is 44.9. The lowest BCUT2D eigenvalue weighted by atomic mass is 9.47. The Balaban J connectivity index is 1.07. The monoisotopic (exact) mass is 998 g/mol. The summed E-state index contributed by atoms with van der Waals surface area (Å²) in [6.07, 6.45) is 32.0. The lowest BCUT2D eigenvalue weighted by molar-refractivity contribution is -0.00653. The topological polar surface area (TPSA) is 18.5 Å². The van der Waals surface area contributed by atoms with E-state index in [9.17, 15) is 0 Å². The Morgan fingerprint density at radius 1 is 0.415 bits per heavy atom. The van der Waals surface area contributed by atoms with Crippen molar-refractivity contribution in [3.63, 3.8) is 0 Å². The van der Waals surface area contributed by atoms with Gasteiger partial charge in [-0.15, -0.1) is 0 Å². The zero-order chi connectivity index (χ0) is 44.2. The van der Waals surface area contributed by atoms with Crippen LogP contribution < -0.4 is 9.47 Å². The third-order valence-electron chi connectivity index (χ3n) is 18.6. The minimum atomic E-state index is -0.512. The second-order valence-corrected chi connectivity index (χ2v) is 25.0. The van der Waals surface area contributed by atoms with Gasteiger partial charge in [0.05, 0.1) is 18.6 Å². The average Bonchev–Trinajstić information content (AvgIpc) is 3.56. The number of unbranched alkanes of at least 4 members (excludes halogenated alkanes) is 10. The fraction of sp³-hybridized carbons (Fsp3) is 0.607. The summed E-state index contributed by atoms with van der Waals surface area (Å²) in [4.78, 5) is 0. The molecule has 0 unspecified atom stereocenters. The molecule has 346 valence electrons. The lowest BCUT2D eigenvalue weighted by Gasteiger charge is -2.57. The molecule has 9 aliphatic carbocycles. The van der Waals surface area contributed by atoms with Crippen LogP contribution in [-0.2, 0) is 16.2 Å². The molecule has 0 atom stereocenters. The van der Waals surface area contributed by atoms with E-state index in [0.717, 1.165) is 70.5 Å². The van der Waals surface area contributed by atoms with Crippen molar-refractivity contribution in [1.82, 2.24) is 0 Å². The van der Waals surface area contributed by atoms with Crippen molar-refractivity contribution in [2.45, 2.75) is 184 Å². The number of hydrogen-bond donors (Lipinski definition) is 0. The summed E-state index contributed by atoms with van der Waals surface area (Å²) in [5, 5.41) is 0. The minimum absolute atomic E-state index is 0.194. The number of benzene rings is 4. The van der Waals surface area contributed by atoms with E-state index >= 15 is 0 Å². The predicted molar refractivity (Wildman–Crippen MR) is 277 cm³/mol. The van der Waals surface area contributed by atoms with Crippen molar-refractivity contribution >= 4 is 31.9 Å². The SMILES string of the molecule is CCCCCCCCOc1ccc(C2(c3ccc(OCCCCCCCC)c(C45CC6CC(CC(C6)C4)C5)c3)c3cc(Br)ccc3-c3ccc(Br)cc32)cc1C12CC3CC(CC(C3)C1)C2. The van der Waals surface area contributed by atoms with E-state index in [1.54, 1.807) is 0 Å². The van der Waals surface area contributed by atoms with E-state index in [4.69, 9.17) is 9.47 Å². The molecule has 4 aromatic carbocycles. The smallest absolute Gasteiger partial charge is 0.123 e. The standard InChI is InChI=1S/C61H76Br2O2/c1-3-5-7-9-11-13-23-64-57-21-15-47(31-55(57)59-35-41-25-42(36-59)27-43(26-41)37-59)61(53-33-49(62)17-19-51(53)52-20-18-50(63)34-54(52)61)48-16-22-58(65-24-14-12-10-8-6-4-2)56(32-48)60-38-44-28-45(39-60)30-46(29-44)40-60/h15-22,31-34,41-46H,3-14,23-30,35-40H2,1-2H3. The van der Waals surface area contributed by atoms with Crippen molar-refractivity contribution in [3.05, 3.63) is 115 Å². The number of rotatable bonds is 20. The van der Waals surface area contributed by atoms with Crippen LogP contribution in [0.5, 0.6) is 11.5 Å². The molecule has 0 aliphatic heterocycles. The zero-order valence-electron chi connectivity index (χ0n) is 39.8. The first-order valence-electron chi connectivity index (χ1n) is 26.9. The van der Waals surface area contributed by atoms with Gasteiger partial charge in [0.25, 0.3) is 0 Å². The molecule has 9 aliphatic rings. The second kappa shape index (κ2) is 18.7. The molecule has 8 saturated carbocycles. The predicted octanol–water partition coefficient (Wildman–Crippen LogP) is 18.0. The summed E-state index contributed by atoms with van der Waals surface area (Å²) in [7, 11) is 0. The molecule has 4 heteroatoms. The largest absolute Gasteiger partial charge is 0.493 e. The summed E-state index contributed by atoms with van der Waals surface area (Å²) in [6.45, 7) is 6.26. The molecule has 0 radical (unpaired) electrons. The normalized spacial score (nSPS) is 29.6. The maximum atomic E-state index is 7.08. The first-order chi connectivity index (χ1) is 31.8. The van der Waals surface area contributed by atoms with Crippen molar-refractivity contribution in [3.8, 4) is 22.6 Å². The Hall–Kier alpha value is -2.56. The molecule has 0 aromatic heterocycles. The van der Waals surface area contributed by atoms with Crippen LogP contribution in [0.3, 0.4) is 0 Å². The van der Waals surface area contributed by atoms with Gasteiger partial charge in [-0.25, -0.2) is 0 Å². The molecule has 4 aromatic rings. The van der Waals surface area contributed by atoms with E-state index in [1.165, 1.54) is 197 Å².